The van der Waals surface area contributed by atoms with Gasteiger partial charge in [-0.1, -0.05) is 0 Å². The van der Waals surface area contributed by atoms with Crippen LogP contribution in [-0.4, -0.2) is 42.8 Å². The number of rotatable bonds is 1. The average molecular weight is 523 g/mol. The molecule has 2 N–H and O–H groups in total. The van der Waals surface area contributed by atoms with Crippen LogP contribution >= 0.6 is 0 Å². The van der Waals surface area contributed by atoms with Gasteiger partial charge in [-0.05, 0) is 0 Å². The molecule has 6 nitrogen and oxygen atoms in total. The van der Waals surface area contributed by atoms with Crippen molar-refractivity contribution in [1.29, 1.82) is 0 Å². The van der Waals surface area contributed by atoms with Gasteiger partial charge in [-0.3, -0.25) is 0 Å². The summed E-state index contributed by atoms with van der Waals surface area (Å²) in [7, 11) is 0. The van der Waals surface area contributed by atoms with E-state index in [-0.39, 0.29) is 11.0 Å². The molecule has 0 unspecified atom stereocenters. The van der Waals surface area contributed by atoms with Gasteiger partial charge in [0.15, 0.2) is 0 Å². The maximum atomic E-state index is 12.2. The first-order valence-electron chi connectivity index (χ1n) is 9.92. The van der Waals surface area contributed by atoms with Crippen molar-refractivity contribution in [2.45, 2.75) is 19.3 Å². The van der Waals surface area contributed by atoms with Crippen LogP contribution in [0.1, 0.15) is 28.6 Å². The molecule has 0 aliphatic carbocycles. The summed E-state index contributed by atoms with van der Waals surface area (Å²) in [5, 5.41) is 6.78. The zero-order valence-electron chi connectivity index (χ0n) is 16.8. The van der Waals surface area contributed by atoms with Crippen LogP contribution in [0.4, 0.5) is 4.79 Å². The average Bonchev–Trinajstić information content (AvgIpc) is 3.29. The Hall–Kier alpha value is -3.14. The molecule has 0 bridgehead atoms. The molecule has 1 saturated heterocycles. The number of nitrogens with one attached hydrogen (secondary N) is 2. The van der Waals surface area contributed by atoms with Crippen molar-refractivity contribution < 1.29 is 14.4 Å². The number of carbonyl (C=O) groups is 3. The van der Waals surface area contributed by atoms with Gasteiger partial charge in [0.1, 0.15) is 0 Å². The molecule has 0 radical (unpaired) electrons. The third kappa shape index (κ3) is 2.48. The van der Waals surface area contributed by atoms with Crippen LogP contribution in [0.25, 0.3) is 31.6 Å². The number of nitrogens with zero attached hydrogens (tertiary/aromatic N) is 1. The number of amides is 4. The van der Waals surface area contributed by atoms with Gasteiger partial charge in [0.2, 0.25) is 0 Å². The Morgan fingerprint density at radius 2 is 1.61 bits per heavy atom. The molecule has 0 atom stereocenters. The van der Waals surface area contributed by atoms with E-state index < -0.39 is 38.3 Å². The van der Waals surface area contributed by atoms with E-state index in [0.29, 0.717) is 0 Å². The van der Waals surface area contributed by atoms with Gasteiger partial charge < -0.3 is 0 Å². The number of benzene rings is 2. The second-order valence-electron chi connectivity index (χ2n) is 8.34. The summed E-state index contributed by atoms with van der Waals surface area (Å²) < 4.78 is 4.67. The van der Waals surface area contributed by atoms with Gasteiger partial charge in [-0.25, -0.2) is 0 Å². The number of hydrogen-bond acceptors (Lipinski definition) is 3. The second kappa shape index (κ2) is 6.19. The van der Waals surface area contributed by atoms with E-state index in [1.54, 1.807) is 6.08 Å². The molecule has 2 aliphatic heterocycles. The fraction of sp³-hybridized carbons (Fsp3) is 0.125. The standard InChI is InChI=1S/C24H17N3O3Te/c1-24(2)16-8-5-7-14-13-6-3-4-9-18(13)27(19(14)16)22-17(24)11-12(31-22)10-15-20(28)25-23(30)26-21(15)29/h3-11H,1-2H3,(H2,25,26,28,29,30). The van der Waals surface area contributed by atoms with Crippen LogP contribution in [-0.2, 0) is 15.0 Å². The molecule has 7 heteroatoms. The van der Waals surface area contributed by atoms with E-state index in [9.17, 15) is 14.4 Å². The van der Waals surface area contributed by atoms with Gasteiger partial charge in [-0.15, -0.1) is 0 Å². The molecule has 6 rings (SSSR count). The van der Waals surface area contributed by atoms with Gasteiger partial charge in [0, 0.05) is 0 Å². The molecule has 2 aliphatic rings. The molecular formula is C24H17N3O3Te. The van der Waals surface area contributed by atoms with Gasteiger partial charge in [0.25, 0.3) is 0 Å². The summed E-state index contributed by atoms with van der Waals surface area (Å²) in [4.78, 5) is 35.8. The molecule has 0 saturated carbocycles. The minimum absolute atomic E-state index is 0.0198. The zero-order chi connectivity index (χ0) is 21.5. The molecule has 4 aromatic rings. The first-order chi connectivity index (χ1) is 14.9. The summed E-state index contributed by atoms with van der Waals surface area (Å²) in [6.07, 6.45) is 1.65. The SMILES string of the molecule is CC1(C)c2cc(C=C3C(=O)NC(=O)NC3=O)[te]c2-n2c3ccccc3c3cccc1c32. The van der Waals surface area contributed by atoms with Gasteiger partial charge in [0.05, 0.1) is 0 Å². The third-order valence-corrected chi connectivity index (χ3v) is 9.25. The Kier molecular flexibility index (Phi) is 3.72. The van der Waals surface area contributed by atoms with E-state index in [0.717, 1.165) is 3.58 Å². The topological polar surface area (TPSA) is 80.2 Å². The van der Waals surface area contributed by atoms with Crippen LogP contribution in [0.15, 0.2) is 54.1 Å². The number of para-hydroxylation sites is 2. The summed E-state index contributed by atoms with van der Waals surface area (Å²) >= 11 is -0.867. The van der Waals surface area contributed by atoms with Crippen LogP contribution in [0.5, 0.6) is 0 Å². The molecule has 1 fully saturated rings. The molecular weight excluding hydrogens is 506 g/mol. The van der Waals surface area contributed by atoms with E-state index in [4.69, 9.17) is 0 Å². The van der Waals surface area contributed by atoms with Crippen LogP contribution < -0.4 is 10.6 Å². The number of barbiturate groups is 1. The summed E-state index contributed by atoms with van der Waals surface area (Å²) in [6, 6.07) is 16.3. The predicted molar refractivity (Wildman–Crippen MR) is 120 cm³/mol. The van der Waals surface area contributed by atoms with Crippen LogP contribution in [0.2, 0.25) is 0 Å². The number of fused-ring (bicyclic) bond motifs is 5. The Balaban J connectivity index is 1.64. The van der Waals surface area contributed by atoms with Crippen LogP contribution in [0.3, 0.4) is 0 Å². The molecule has 4 heterocycles. The van der Waals surface area contributed by atoms with E-state index >= 15 is 0 Å². The van der Waals surface area contributed by atoms with Crippen molar-refractivity contribution in [3.63, 3.8) is 0 Å². The summed E-state index contributed by atoms with van der Waals surface area (Å²) in [6.45, 7) is 4.47. The van der Waals surface area contributed by atoms with Crippen molar-refractivity contribution in [3.05, 3.63) is 68.8 Å². The minimum atomic E-state index is -0.867. The summed E-state index contributed by atoms with van der Waals surface area (Å²) in [5.41, 5.74) is 4.72. The van der Waals surface area contributed by atoms with Crippen molar-refractivity contribution in [3.8, 4) is 3.70 Å². The van der Waals surface area contributed by atoms with Crippen molar-refractivity contribution in [1.82, 2.24) is 15.2 Å². The number of aromatic nitrogens is 1. The van der Waals surface area contributed by atoms with Gasteiger partial charge >= 0.3 is 188 Å². The monoisotopic (exact) mass is 525 g/mol. The predicted octanol–water partition coefficient (Wildman–Crippen LogP) is 3.23. The first kappa shape index (κ1) is 18.6. The fourth-order valence-electron chi connectivity index (χ4n) is 4.71. The summed E-state index contributed by atoms with van der Waals surface area (Å²) in [5.74, 6) is -1.30. The Bertz CT molecular complexity index is 1500. The Morgan fingerprint density at radius 3 is 2.39 bits per heavy atom. The number of imide groups is 2. The molecule has 2 aromatic carbocycles. The molecule has 0 spiro atoms. The van der Waals surface area contributed by atoms with Crippen molar-refractivity contribution >= 4 is 66.2 Å². The van der Waals surface area contributed by atoms with Crippen molar-refractivity contribution in [2.75, 3.05) is 0 Å². The van der Waals surface area contributed by atoms with Crippen molar-refractivity contribution in [2.24, 2.45) is 0 Å². The Morgan fingerprint density at radius 1 is 0.903 bits per heavy atom. The molecule has 152 valence electrons. The van der Waals surface area contributed by atoms with Gasteiger partial charge in [-0.2, -0.15) is 0 Å². The van der Waals surface area contributed by atoms with E-state index in [2.05, 4.69) is 77.6 Å². The number of carbonyl (C=O) groups excluding carboxylic acids is 3. The van der Waals surface area contributed by atoms with E-state index in [1.165, 1.54) is 36.6 Å². The quantitative estimate of drug-likeness (QED) is 0.229. The second-order valence-corrected chi connectivity index (χ2v) is 11.4. The van der Waals surface area contributed by atoms with E-state index in [1.807, 2.05) is 0 Å². The number of hydrogen-bond donors (Lipinski definition) is 2. The molecule has 2 aromatic heterocycles. The zero-order valence-corrected chi connectivity index (χ0v) is 19.1. The fourth-order valence-corrected chi connectivity index (χ4v) is 8.37. The molecule has 4 amide bonds. The maximum absolute atomic E-state index is 12.2. The first-order valence-corrected chi connectivity index (χ1v) is 12.2. The Labute approximate surface area is 187 Å². The molecule has 31 heavy (non-hydrogen) atoms. The number of urea groups is 1. The van der Waals surface area contributed by atoms with Crippen LogP contribution in [0, 0.1) is 0 Å². The normalized spacial score (nSPS) is 17.0. The third-order valence-electron chi connectivity index (χ3n) is 6.21.